The summed E-state index contributed by atoms with van der Waals surface area (Å²) in [7, 11) is 0. The minimum Gasteiger partial charge on any atom is -0.388 e. The standard InChI is InChI=1S/C8H8BrClN2O4.C6H4BrClN2O2/c9-5-1-6(7(10)11-2-5)8(3-13,4-14)12(15)16;7-5-1-4(3-10(11)12)6(8)9-2-5/h1-2,13-14H,3-4H2;1-2H,3H2. The van der Waals surface area contributed by atoms with Gasteiger partial charge in [-0.25, -0.2) is 9.97 Å². The number of nitrogens with zero attached hydrogens (tertiary/aromatic N) is 4. The highest BCUT2D eigenvalue weighted by atomic mass is 79.9. The van der Waals surface area contributed by atoms with Crippen LogP contribution >= 0.6 is 55.1 Å². The zero-order valence-electron chi connectivity index (χ0n) is 13.8. The molecule has 0 aromatic carbocycles. The van der Waals surface area contributed by atoms with Crippen molar-refractivity contribution in [1.29, 1.82) is 0 Å². The Balaban J connectivity index is 0.000000292. The molecule has 0 aliphatic carbocycles. The fourth-order valence-electron chi connectivity index (χ4n) is 1.90. The number of hydrogen-bond donors (Lipinski definition) is 2. The van der Waals surface area contributed by atoms with Crippen molar-refractivity contribution in [2.45, 2.75) is 12.1 Å². The molecule has 0 saturated carbocycles. The summed E-state index contributed by atoms with van der Waals surface area (Å²) in [6, 6.07) is 2.93. The van der Waals surface area contributed by atoms with E-state index in [2.05, 4.69) is 41.8 Å². The molecule has 0 saturated heterocycles. The molecule has 28 heavy (non-hydrogen) atoms. The van der Waals surface area contributed by atoms with Crippen LogP contribution in [0.4, 0.5) is 0 Å². The maximum Gasteiger partial charge on any atom is 0.295 e. The lowest BCUT2D eigenvalue weighted by atomic mass is 9.94. The van der Waals surface area contributed by atoms with Crippen molar-refractivity contribution >= 4 is 55.1 Å². The summed E-state index contributed by atoms with van der Waals surface area (Å²) in [6.07, 6.45) is 2.86. The first-order chi connectivity index (χ1) is 13.1. The van der Waals surface area contributed by atoms with E-state index in [0.29, 0.717) is 14.5 Å². The van der Waals surface area contributed by atoms with E-state index >= 15 is 0 Å². The Hall–Kier alpha value is -1.44. The Morgan fingerprint density at radius 2 is 1.50 bits per heavy atom. The predicted molar refractivity (Wildman–Crippen MR) is 107 cm³/mol. The van der Waals surface area contributed by atoms with Crippen LogP contribution < -0.4 is 0 Å². The predicted octanol–water partition coefficient (Wildman–Crippen LogP) is 3.23. The third kappa shape index (κ3) is 6.29. The molecule has 0 aliphatic rings. The second-order valence-electron chi connectivity index (χ2n) is 5.19. The monoisotopic (exact) mass is 560 g/mol. The zero-order chi connectivity index (χ0) is 21.5. The number of halogens is 4. The minimum absolute atomic E-state index is 0.0291. The maximum absolute atomic E-state index is 10.9. The fourth-order valence-corrected chi connectivity index (χ4v) is 3.05. The second kappa shape index (κ2) is 10.9. The number of aromatic nitrogens is 2. The van der Waals surface area contributed by atoms with Gasteiger partial charge in [-0.1, -0.05) is 23.2 Å². The Bertz CT molecular complexity index is 870. The fraction of sp³-hybridized carbons (Fsp3) is 0.286. The molecule has 2 heterocycles. The Kier molecular flexibility index (Phi) is 9.60. The van der Waals surface area contributed by atoms with Crippen LogP contribution in [0.2, 0.25) is 10.3 Å². The van der Waals surface area contributed by atoms with Crippen LogP contribution in [0.15, 0.2) is 33.5 Å². The van der Waals surface area contributed by atoms with Gasteiger partial charge >= 0.3 is 0 Å². The highest BCUT2D eigenvalue weighted by molar-refractivity contribution is 9.10. The molecule has 2 N–H and O–H groups in total. The smallest absolute Gasteiger partial charge is 0.295 e. The molecule has 10 nitrogen and oxygen atoms in total. The second-order valence-corrected chi connectivity index (χ2v) is 7.74. The average molecular weight is 563 g/mol. The largest absolute Gasteiger partial charge is 0.388 e. The van der Waals surface area contributed by atoms with Gasteiger partial charge in [0, 0.05) is 31.2 Å². The van der Waals surface area contributed by atoms with Crippen LogP contribution in [0.25, 0.3) is 0 Å². The number of pyridine rings is 2. The van der Waals surface area contributed by atoms with Crippen LogP contribution in [-0.2, 0) is 12.1 Å². The third-order valence-corrected chi connectivity index (χ3v) is 4.87. The molecule has 0 spiro atoms. The first-order valence-corrected chi connectivity index (χ1v) is 9.51. The van der Waals surface area contributed by atoms with Gasteiger partial charge in [0.05, 0.1) is 11.1 Å². The Morgan fingerprint density at radius 1 is 1.00 bits per heavy atom. The molecule has 0 radical (unpaired) electrons. The normalized spacial score (nSPS) is 10.8. The summed E-state index contributed by atoms with van der Waals surface area (Å²) in [5.41, 5.74) is -1.65. The van der Waals surface area contributed by atoms with E-state index in [1.807, 2.05) is 0 Å². The van der Waals surface area contributed by atoms with Crippen LogP contribution in [-0.4, -0.2) is 43.2 Å². The quantitative estimate of drug-likeness (QED) is 0.309. The van der Waals surface area contributed by atoms with Crippen LogP contribution in [0.1, 0.15) is 11.1 Å². The molecule has 0 atom stereocenters. The van der Waals surface area contributed by atoms with E-state index in [4.69, 9.17) is 33.4 Å². The summed E-state index contributed by atoms with van der Waals surface area (Å²) in [4.78, 5) is 27.3. The molecule has 2 rings (SSSR count). The van der Waals surface area contributed by atoms with Gasteiger partial charge in [0.1, 0.15) is 23.5 Å². The van der Waals surface area contributed by atoms with Crippen molar-refractivity contribution in [2.24, 2.45) is 0 Å². The summed E-state index contributed by atoms with van der Waals surface area (Å²) in [6.45, 7) is -2.03. The number of aliphatic hydroxyl groups is 2. The summed E-state index contributed by atoms with van der Waals surface area (Å²) < 4.78 is 1.16. The van der Waals surface area contributed by atoms with Crippen molar-refractivity contribution in [3.05, 3.63) is 75.1 Å². The summed E-state index contributed by atoms with van der Waals surface area (Å²) in [5.74, 6) is 0. The molecular formula is C14H12Br2Cl2N4O6. The molecule has 0 fully saturated rings. The van der Waals surface area contributed by atoms with Crippen LogP contribution in [0.3, 0.4) is 0 Å². The minimum atomic E-state index is -2.03. The first-order valence-electron chi connectivity index (χ1n) is 7.16. The van der Waals surface area contributed by atoms with E-state index in [1.54, 1.807) is 6.07 Å². The first kappa shape index (κ1) is 24.6. The lowest BCUT2D eigenvalue weighted by Gasteiger charge is -2.21. The zero-order valence-corrected chi connectivity index (χ0v) is 18.4. The number of nitro groups is 2. The van der Waals surface area contributed by atoms with Crippen LogP contribution in [0.5, 0.6) is 0 Å². The molecular weight excluding hydrogens is 551 g/mol. The molecule has 0 unspecified atom stereocenters. The van der Waals surface area contributed by atoms with Gasteiger partial charge in [0.25, 0.3) is 5.54 Å². The van der Waals surface area contributed by atoms with Crippen molar-refractivity contribution in [3.63, 3.8) is 0 Å². The third-order valence-electron chi connectivity index (χ3n) is 3.36. The van der Waals surface area contributed by atoms with Gasteiger partial charge in [-0.15, -0.1) is 0 Å². The highest BCUT2D eigenvalue weighted by Crippen LogP contribution is 2.31. The summed E-state index contributed by atoms with van der Waals surface area (Å²) >= 11 is 17.6. The van der Waals surface area contributed by atoms with Crippen molar-refractivity contribution < 1.29 is 20.1 Å². The van der Waals surface area contributed by atoms with Gasteiger partial charge in [-0.05, 0) is 44.0 Å². The average Bonchev–Trinajstić information content (AvgIpc) is 2.62. The lowest BCUT2D eigenvalue weighted by molar-refractivity contribution is -0.586. The van der Waals surface area contributed by atoms with Crippen LogP contribution in [0, 0.1) is 20.2 Å². The van der Waals surface area contributed by atoms with E-state index in [9.17, 15) is 20.2 Å². The lowest BCUT2D eigenvalue weighted by Crippen LogP contribution is -2.43. The van der Waals surface area contributed by atoms with Gasteiger partial charge in [-0.2, -0.15) is 0 Å². The maximum atomic E-state index is 10.9. The van der Waals surface area contributed by atoms with Crippen molar-refractivity contribution in [2.75, 3.05) is 13.2 Å². The van der Waals surface area contributed by atoms with Gasteiger partial charge in [0.2, 0.25) is 6.54 Å². The van der Waals surface area contributed by atoms with E-state index in [0.717, 1.165) is 0 Å². The molecule has 14 heteroatoms. The van der Waals surface area contributed by atoms with Gasteiger partial charge in [-0.3, -0.25) is 20.2 Å². The number of hydrogen-bond acceptors (Lipinski definition) is 8. The molecule has 0 amide bonds. The summed E-state index contributed by atoms with van der Waals surface area (Å²) in [5, 5.41) is 39.3. The Labute approximate surface area is 185 Å². The molecule has 0 bridgehead atoms. The number of rotatable bonds is 6. The van der Waals surface area contributed by atoms with Crippen molar-refractivity contribution in [3.8, 4) is 0 Å². The van der Waals surface area contributed by atoms with Crippen molar-refractivity contribution in [1.82, 2.24) is 9.97 Å². The molecule has 152 valence electrons. The highest BCUT2D eigenvalue weighted by Gasteiger charge is 2.46. The Morgan fingerprint density at radius 3 is 1.96 bits per heavy atom. The SMILES string of the molecule is O=[N+]([O-])C(CO)(CO)c1cc(Br)cnc1Cl.O=[N+]([O-])Cc1cc(Br)cnc1Cl. The van der Waals surface area contributed by atoms with Gasteiger partial charge in [0.15, 0.2) is 0 Å². The van der Waals surface area contributed by atoms with E-state index < -0.39 is 28.6 Å². The van der Waals surface area contributed by atoms with E-state index in [-0.39, 0.29) is 22.4 Å². The molecule has 2 aromatic heterocycles. The molecule has 2 aromatic rings. The van der Waals surface area contributed by atoms with E-state index in [1.165, 1.54) is 18.5 Å². The topological polar surface area (TPSA) is 153 Å². The van der Waals surface area contributed by atoms with Gasteiger partial charge < -0.3 is 10.2 Å². The number of aliphatic hydroxyl groups excluding tert-OH is 2. The molecule has 0 aliphatic heterocycles.